The highest BCUT2D eigenvalue weighted by Crippen LogP contribution is 2.21. The summed E-state index contributed by atoms with van der Waals surface area (Å²) in [6.07, 6.45) is 5.09. The van der Waals surface area contributed by atoms with Gasteiger partial charge in [-0.1, -0.05) is 6.92 Å². The summed E-state index contributed by atoms with van der Waals surface area (Å²) in [5, 5.41) is 3.38. The number of piperidine rings is 1. The molecule has 2 N–H and O–H groups in total. The molecule has 0 amide bonds. The fourth-order valence-corrected chi connectivity index (χ4v) is 2.34. The summed E-state index contributed by atoms with van der Waals surface area (Å²) in [4.78, 5) is 20.4. The van der Waals surface area contributed by atoms with Gasteiger partial charge in [-0.25, -0.2) is 4.98 Å². The Hall–Kier alpha value is -1.36. The molecule has 0 radical (unpaired) electrons. The van der Waals surface area contributed by atoms with Gasteiger partial charge in [-0.15, -0.1) is 0 Å². The summed E-state index contributed by atoms with van der Waals surface area (Å²) < 4.78 is 0. The first-order valence-electron chi connectivity index (χ1n) is 6.33. The van der Waals surface area contributed by atoms with Gasteiger partial charge in [0.25, 0.3) is 5.56 Å². The maximum atomic E-state index is 11.3. The molecule has 1 fully saturated rings. The monoisotopic (exact) mass is 236 g/mol. The maximum Gasteiger partial charge on any atom is 0.252 e. The van der Waals surface area contributed by atoms with Crippen LogP contribution >= 0.6 is 0 Å². The second-order valence-electron chi connectivity index (χ2n) is 4.42. The highest BCUT2D eigenvalue weighted by atomic mass is 16.1. The van der Waals surface area contributed by atoms with Crippen molar-refractivity contribution in [3.63, 3.8) is 0 Å². The van der Waals surface area contributed by atoms with Crippen LogP contribution in [0.25, 0.3) is 0 Å². The summed E-state index contributed by atoms with van der Waals surface area (Å²) in [6, 6.07) is 2.04. The minimum Gasteiger partial charge on any atom is -0.352 e. The average molecular weight is 236 g/mol. The smallest absolute Gasteiger partial charge is 0.252 e. The van der Waals surface area contributed by atoms with E-state index in [0.29, 0.717) is 6.04 Å². The molecule has 5 heteroatoms. The van der Waals surface area contributed by atoms with Gasteiger partial charge in [0.1, 0.15) is 5.82 Å². The van der Waals surface area contributed by atoms with Crippen molar-refractivity contribution < 1.29 is 0 Å². The van der Waals surface area contributed by atoms with E-state index < -0.39 is 0 Å². The first-order valence-corrected chi connectivity index (χ1v) is 6.33. The number of hydrogen-bond donors (Lipinski definition) is 2. The second-order valence-corrected chi connectivity index (χ2v) is 4.42. The summed E-state index contributed by atoms with van der Waals surface area (Å²) in [6.45, 7) is 5.04. The first kappa shape index (κ1) is 12.1. The molecule has 2 rings (SSSR count). The Morgan fingerprint density at radius 3 is 3.24 bits per heavy atom. The quantitative estimate of drug-likeness (QED) is 0.809. The minimum atomic E-state index is -0.0808. The van der Waals surface area contributed by atoms with Crippen LogP contribution in [0.3, 0.4) is 0 Å². The number of nitrogens with zero attached hydrogens (tertiary/aromatic N) is 2. The van der Waals surface area contributed by atoms with Crippen LogP contribution in [0, 0.1) is 0 Å². The predicted molar refractivity (Wildman–Crippen MR) is 68.4 cm³/mol. The molecule has 0 saturated carbocycles. The molecule has 2 heterocycles. The Morgan fingerprint density at radius 2 is 2.47 bits per heavy atom. The van der Waals surface area contributed by atoms with Crippen LogP contribution in [0.1, 0.15) is 26.2 Å². The van der Waals surface area contributed by atoms with Gasteiger partial charge >= 0.3 is 0 Å². The zero-order valence-electron chi connectivity index (χ0n) is 10.3. The molecular weight excluding hydrogens is 216 g/mol. The fourth-order valence-electron chi connectivity index (χ4n) is 2.34. The third-order valence-corrected chi connectivity index (χ3v) is 3.22. The van der Waals surface area contributed by atoms with Gasteiger partial charge in [-0.2, -0.15) is 0 Å². The highest BCUT2D eigenvalue weighted by molar-refractivity contribution is 5.38. The van der Waals surface area contributed by atoms with Crippen molar-refractivity contribution in [2.75, 3.05) is 24.5 Å². The third-order valence-electron chi connectivity index (χ3n) is 3.22. The van der Waals surface area contributed by atoms with Crippen molar-refractivity contribution in [2.45, 2.75) is 32.2 Å². The number of hydrogen-bond acceptors (Lipinski definition) is 4. The molecule has 1 atom stereocenters. The minimum absolute atomic E-state index is 0.0808. The Bertz CT molecular complexity index is 403. The summed E-state index contributed by atoms with van der Waals surface area (Å²) >= 11 is 0. The molecule has 1 saturated heterocycles. The average Bonchev–Trinajstić information content (AvgIpc) is 2.37. The summed E-state index contributed by atoms with van der Waals surface area (Å²) in [7, 11) is 0. The second kappa shape index (κ2) is 5.82. The molecule has 94 valence electrons. The molecule has 0 aromatic carbocycles. The van der Waals surface area contributed by atoms with Crippen LogP contribution in [-0.4, -0.2) is 35.6 Å². The van der Waals surface area contributed by atoms with Crippen LogP contribution in [0.2, 0.25) is 0 Å². The van der Waals surface area contributed by atoms with Crippen molar-refractivity contribution in [3.8, 4) is 0 Å². The molecule has 5 nitrogen and oxygen atoms in total. The third kappa shape index (κ3) is 3.06. The Balaban J connectivity index is 2.12. The normalized spacial score (nSPS) is 20.5. The number of anilines is 1. The number of aromatic nitrogens is 2. The molecule has 0 bridgehead atoms. The van der Waals surface area contributed by atoms with E-state index in [1.54, 1.807) is 6.07 Å². The van der Waals surface area contributed by atoms with E-state index in [-0.39, 0.29) is 5.56 Å². The first-order chi connectivity index (χ1) is 8.31. The van der Waals surface area contributed by atoms with Gasteiger partial charge in [0, 0.05) is 25.2 Å². The molecule has 1 aromatic rings. The largest absolute Gasteiger partial charge is 0.352 e. The lowest BCUT2D eigenvalue weighted by Gasteiger charge is -2.36. The zero-order valence-corrected chi connectivity index (χ0v) is 10.3. The van der Waals surface area contributed by atoms with Crippen molar-refractivity contribution >= 4 is 5.82 Å². The topological polar surface area (TPSA) is 61.0 Å². The number of aromatic amines is 1. The van der Waals surface area contributed by atoms with Crippen LogP contribution in [0.5, 0.6) is 0 Å². The Kier molecular flexibility index (Phi) is 4.14. The standard InChI is InChI=1S/C12H20N4O/c1-2-13-8-10-5-3-4-6-16(10)11-7-12(17)15-9-14-11/h7,9-10,13H,2-6,8H2,1H3,(H,14,15,17). The van der Waals surface area contributed by atoms with E-state index in [1.165, 1.54) is 25.6 Å². The van der Waals surface area contributed by atoms with Gasteiger partial charge in [0.05, 0.1) is 6.33 Å². The van der Waals surface area contributed by atoms with E-state index in [2.05, 4.69) is 27.1 Å². The molecule has 17 heavy (non-hydrogen) atoms. The number of nitrogens with one attached hydrogen (secondary N) is 2. The van der Waals surface area contributed by atoms with Crippen molar-refractivity contribution in [1.29, 1.82) is 0 Å². The van der Waals surface area contributed by atoms with Gasteiger partial charge < -0.3 is 15.2 Å². The predicted octanol–water partition coefficient (Wildman–Crippen LogP) is 0.738. The van der Waals surface area contributed by atoms with Crippen molar-refractivity contribution in [3.05, 3.63) is 22.7 Å². The zero-order chi connectivity index (χ0) is 12.1. The van der Waals surface area contributed by atoms with Gasteiger partial charge in [0.2, 0.25) is 0 Å². The molecule has 1 aromatic heterocycles. The van der Waals surface area contributed by atoms with E-state index in [9.17, 15) is 4.79 Å². The fraction of sp³-hybridized carbons (Fsp3) is 0.667. The van der Waals surface area contributed by atoms with Crippen molar-refractivity contribution in [1.82, 2.24) is 15.3 Å². The summed E-state index contributed by atoms with van der Waals surface area (Å²) in [5.41, 5.74) is -0.0808. The Morgan fingerprint density at radius 1 is 1.59 bits per heavy atom. The lowest BCUT2D eigenvalue weighted by atomic mass is 10.0. The molecule has 0 spiro atoms. The van der Waals surface area contributed by atoms with Crippen LogP contribution in [0.15, 0.2) is 17.2 Å². The number of likely N-dealkylation sites (N-methyl/N-ethyl adjacent to an activating group) is 1. The number of rotatable bonds is 4. The van der Waals surface area contributed by atoms with Crippen molar-refractivity contribution in [2.24, 2.45) is 0 Å². The lowest BCUT2D eigenvalue weighted by Crippen LogP contribution is -2.46. The van der Waals surface area contributed by atoms with Crippen LogP contribution in [-0.2, 0) is 0 Å². The highest BCUT2D eigenvalue weighted by Gasteiger charge is 2.23. The van der Waals surface area contributed by atoms with E-state index in [0.717, 1.165) is 25.5 Å². The SMILES string of the molecule is CCNCC1CCCCN1c1cc(=O)[nH]cn1. The molecule has 0 aliphatic carbocycles. The van der Waals surface area contributed by atoms with Crippen LogP contribution < -0.4 is 15.8 Å². The van der Waals surface area contributed by atoms with E-state index in [4.69, 9.17) is 0 Å². The van der Waals surface area contributed by atoms with Gasteiger partial charge in [-0.05, 0) is 25.8 Å². The summed E-state index contributed by atoms with van der Waals surface area (Å²) in [5.74, 6) is 0.802. The Labute approximate surface area is 101 Å². The van der Waals surface area contributed by atoms with Gasteiger partial charge in [0.15, 0.2) is 0 Å². The van der Waals surface area contributed by atoms with Crippen LogP contribution in [0.4, 0.5) is 5.82 Å². The molecule has 1 aliphatic rings. The van der Waals surface area contributed by atoms with E-state index in [1.807, 2.05) is 0 Å². The molecule has 1 aliphatic heterocycles. The number of H-pyrrole nitrogens is 1. The van der Waals surface area contributed by atoms with E-state index >= 15 is 0 Å². The molecular formula is C12H20N4O. The maximum absolute atomic E-state index is 11.3. The van der Waals surface area contributed by atoms with Gasteiger partial charge in [-0.3, -0.25) is 4.79 Å². The lowest BCUT2D eigenvalue weighted by molar-refractivity contribution is 0.436. The molecule has 1 unspecified atom stereocenters.